The zero-order valence-electron chi connectivity index (χ0n) is 15.2. The molecule has 2 aromatic rings. The van der Waals surface area contributed by atoms with Gasteiger partial charge in [-0.1, -0.05) is 48.5 Å². The second kappa shape index (κ2) is 11.0. The number of hydrogen-bond donors (Lipinski definition) is 0. The van der Waals surface area contributed by atoms with E-state index in [4.69, 9.17) is 4.74 Å². The zero-order chi connectivity index (χ0) is 17.3. The highest BCUT2D eigenvalue weighted by molar-refractivity contribution is 5.89. The van der Waals surface area contributed by atoms with Gasteiger partial charge in [0.25, 0.3) is 0 Å². The first kappa shape index (κ1) is 20.5. The van der Waals surface area contributed by atoms with Crippen LogP contribution in [-0.4, -0.2) is 37.1 Å². The fraction of sp³-hybridized carbons (Fsp3) is 0.409. The van der Waals surface area contributed by atoms with E-state index in [0.29, 0.717) is 12.2 Å². The van der Waals surface area contributed by atoms with Crippen LogP contribution in [0.3, 0.4) is 0 Å². The lowest BCUT2D eigenvalue weighted by atomic mass is 9.90. The molecular formula is C22H28ClNO2. The quantitative estimate of drug-likeness (QED) is 0.664. The molecule has 26 heavy (non-hydrogen) atoms. The highest BCUT2D eigenvalue weighted by atomic mass is 35.5. The molecule has 140 valence electrons. The molecule has 0 atom stereocenters. The summed E-state index contributed by atoms with van der Waals surface area (Å²) in [5, 5.41) is 0. The number of ether oxygens (including phenoxy) is 1. The molecule has 0 saturated carbocycles. The van der Waals surface area contributed by atoms with Crippen LogP contribution in [0.15, 0.2) is 60.7 Å². The summed E-state index contributed by atoms with van der Waals surface area (Å²) in [4.78, 5) is 14.3. The molecule has 0 aliphatic carbocycles. The van der Waals surface area contributed by atoms with Crippen molar-refractivity contribution in [2.75, 3.05) is 26.2 Å². The summed E-state index contributed by atoms with van der Waals surface area (Å²) in [6, 6.07) is 20.0. The Hall–Kier alpha value is -1.84. The molecule has 0 amide bonds. The summed E-state index contributed by atoms with van der Waals surface area (Å²) in [5.74, 6) is 0.599. The highest BCUT2D eigenvalue weighted by Crippen LogP contribution is 2.22. The summed E-state index contributed by atoms with van der Waals surface area (Å²) < 4.78 is 5.38. The van der Waals surface area contributed by atoms with E-state index >= 15 is 0 Å². The van der Waals surface area contributed by atoms with Crippen LogP contribution in [-0.2, 0) is 11.2 Å². The number of likely N-dealkylation sites (tertiary alicyclic amines) is 1. The van der Waals surface area contributed by atoms with Gasteiger partial charge in [-0.25, -0.2) is 4.79 Å². The molecule has 0 bridgehead atoms. The van der Waals surface area contributed by atoms with Crippen molar-refractivity contribution in [2.24, 2.45) is 5.92 Å². The van der Waals surface area contributed by atoms with Gasteiger partial charge in [0, 0.05) is 6.54 Å². The van der Waals surface area contributed by atoms with Crippen LogP contribution in [0.4, 0.5) is 0 Å². The predicted molar refractivity (Wildman–Crippen MR) is 108 cm³/mol. The van der Waals surface area contributed by atoms with Crippen molar-refractivity contribution < 1.29 is 9.53 Å². The lowest BCUT2D eigenvalue weighted by Gasteiger charge is -2.31. The molecule has 0 N–H and O–H groups in total. The van der Waals surface area contributed by atoms with Crippen LogP contribution in [0.2, 0.25) is 0 Å². The first-order chi connectivity index (χ1) is 12.3. The Labute approximate surface area is 162 Å². The van der Waals surface area contributed by atoms with E-state index in [0.717, 1.165) is 25.6 Å². The van der Waals surface area contributed by atoms with E-state index in [1.54, 1.807) is 12.1 Å². The van der Waals surface area contributed by atoms with E-state index in [9.17, 15) is 4.79 Å². The van der Waals surface area contributed by atoms with Gasteiger partial charge in [-0.15, -0.1) is 12.4 Å². The van der Waals surface area contributed by atoms with Gasteiger partial charge in [-0.3, -0.25) is 4.90 Å². The summed E-state index contributed by atoms with van der Waals surface area (Å²) in [6.07, 6.45) is 4.96. The summed E-state index contributed by atoms with van der Waals surface area (Å²) in [7, 11) is 0. The van der Waals surface area contributed by atoms with E-state index in [-0.39, 0.29) is 18.4 Å². The SMILES string of the molecule is Cl.O=C(OCCN1CCC(CCc2ccccc2)CC1)c1ccccc1. The predicted octanol–water partition coefficient (Wildman–Crippen LogP) is 4.61. The van der Waals surface area contributed by atoms with E-state index < -0.39 is 0 Å². The fourth-order valence-corrected chi connectivity index (χ4v) is 3.44. The largest absolute Gasteiger partial charge is 0.461 e. The molecule has 0 unspecified atom stereocenters. The zero-order valence-corrected chi connectivity index (χ0v) is 16.0. The third-order valence-corrected chi connectivity index (χ3v) is 5.04. The number of hydrogen-bond acceptors (Lipinski definition) is 3. The number of esters is 1. The minimum absolute atomic E-state index is 0. The maximum atomic E-state index is 11.9. The van der Waals surface area contributed by atoms with Gasteiger partial charge in [0.2, 0.25) is 0 Å². The second-order valence-electron chi connectivity index (χ2n) is 6.81. The first-order valence-electron chi connectivity index (χ1n) is 9.30. The molecule has 1 aliphatic rings. The summed E-state index contributed by atoms with van der Waals surface area (Å²) in [5.41, 5.74) is 2.07. The summed E-state index contributed by atoms with van der Waals surface area (Å²) >= 11 is 0. The number of benzene rings is 2. The van der Waals surface area contributed by atoms with Gasteiger partial charge in [0.05, 0.1) is 5.56 Å². The van der Waals surface area contributed by atoms with Gasteiger partial charge in [0.1, 0.15) is 6.61 Å². The first-order valence-corrected chi connectivity index (χ1v) is 9.30. The molecule has 1 aliphatic heterocycles. The van der Waals surface area contributed by atoms with Crippen molar-refractivity contribution in [3.63, 3.8) is 0 Å². The molecule has 1 fully saturated rings. The third-order valence-electron chi connectivity index (χ3n) is 5.04. The summed E-state index contributed by atoms with van der Waals surface area (Å²) in [6.45, 7) is 3.54. The molecule has 0 aromatic heterocycles. The fourth-order valence-electron chi connectivity index (χ4n) is 3.44. The van der Waals surface area contributed by atoms with Crippen LogP contribution in [0.5, 0.6) is 0 Å². The number of piperidine rings is 1. The molecule has 0 radical (unpaired) electrons. The molecule has 1 saturated heterocycles. The normalized spacial score (nSPS) is 15.2. The number of aryl methyl sites for hydroxylation is 1. The van der Waals surface area contributed by atoms with Crippen LogP contribution in [0.1, 0.15) is 35.2 Å². The van der Waals surface area contributed by atoms with E-state index in [1.807, 2.05) is 18.2 Å². The minimum atomic E-state index is -0.224. The maximum absolute atomic E-state index is 11.9. The molecule has 1 heterocycles. The van der Waals surface area contributed by atoms with Crippen LogP contribution >= 0.6 is 12.4 Å². The van der Waals surface area contributed by atoms with Crippen LogP contribution in [0, 0.1) is 5.92 Å². The standard InChI is InChI=1S/C22H27NO2.ClH/c24-22(21-9-5-2-6-10-21)25-18-17-23-15-13-20(14-16-23)12-11-19-7-3-1-4-8-19;/h1-10,20H,11-18H2;1H. The van der Waals surface area contributed by atoms with E-state index in [1.165, 1.54) is 31.2 Å². The van der Waals surface area contributed by atoms with Gasteiger partial charge >= 0.3 is 5.97 Å². The smallest absolute Gasteiger partial charge is 0.338 e. The van der Waals surface area contributed by atoms with Crippen molar-refractivity contribution in [1.29, 1.82) is 0 Å². The van der Waals surface area contributed by atoms with Crippen LogP contribution in [0.25, 0.3) is 0 Å². The third kappa shape index (κ3) is 6.47. The van der Waals surface area contributed by atoms with Crippen molar-refractivity contribution in [1.82, 2.24) is 4.90 Å². The Morgan fingerprint density at radius 1 is 0.962 bits per heavy atom. The van der Waals surface area contributed by atoms with Crippen molar-refractivity contribution in [3.8, 4) is 0 Å². The highest BCUT2D eigenvalue weighted by Gasteiger charge is 2.19. The maximum Gasteiger partial charge on any atom is 0.338 e. The van der Waals surface area contributed by atoms with E-state index in [2.05, 4.69) is 35.2 Å². The lowest BCUT2D eigenvalue weighted by Crippen LogP contribution is -2.36. The number of carbonyl (C=O) groups excluding carboxylic acids is 1. The number of halogens is 1. The molecule has 2 aromatic carbocycles. The number of rotatable bonds is 7. The average molecular weight is 374 g/mol. The number of carbonyl (C=O) groups is 1. The Morgan fingerprint density at radius 2 is 1.58 bits per heavy atom. The molecular weight excluding hydrogens is 346 g/mol. The van der Waals surface area contributed by atoms with Gasteiger partial charge in [-0.05, 0) is 62.4 Å². The number of nitrogens with zero attached hydrogens (tertiary/aromatic N) is 1. The molecule has 3 nitrogen and oxygen atoms in total. The monoisotopic (exact) mass is 373 g/mol. The topological polar surface area (TPSA) is 29.5 Å². The van der Waals surface area contributed by atoms with Crippen molar-refractivity contribution in [3.05, 3.63) is 71.8 Å². The lowest BCUT2D eigenvalue weighted by molar-refractivity contribution is 0.0439. The Balaban J connectivity index is 0.00000243. The Morgan fingerprint density at radius 3 is 2.23 bits per heavy atom. The molecule has 4 heteroatoms. The van der Waals surface area contributed by atoms with Crippen molar-refractivity contribution in [2.45, 2.75) is 25.7 Å². The van der Waals surface area contributed by atoms with Gasteiger partial charge in [0.15, 0.2) is 0 Å². The Kier molecular flexibility index (Phi) is 8.66. The van der Waals surface area contributed by atoms with Crippen molar-refractivity contribution >= 4 is 18.4 Å². The Bertz CT molecular complexity index is 640. The average Bonchev–Trinajstić information content (AvgIpc) is 2.69. The molecule has 3 rings (SSSR count). The minimum Gasteiger partial charge on any atom is -0.461 e. The van der Waals surface area contributed by atoms with Gasteiger partial charge < -0.3 is 4.74 Å². The second-order valence-corrected chi connectivity index (χ2v) is 6.81. The molecule has 0 spiro atoms. The van der Waals surface area contributed by atoms with Gasteiger partial charge in [-0.2, -0.15) is 0 Å². The van der Waals surface area contributed by atoms with Crippen LogP contribution < -0.4 is 0 Å².